The van der Waals surface area contributed by atoms with Gasteiger partial charge in [0.25, 0.3) is 0 Å². The topological polar surface area (TPSA) is 55.6 Å². The second-order valence-electron chi connectivity index (χ2n) is 7.79. The quantitative estimate of drug-likeness (QED) is 0.906. The Kier molecular flexibility index (Phi) is 5.02. The van der Waals surface area contributed by atoms with Crippen molar-refractivity contribution in [3.05, 3.63) is 5.82 Å². The fourth-order valence-electron chi connectivity index (χ4n) is 3.63. The van der Waals surface area contributed by atoms with E-state index in [1.807, 2.05) is 7.05 Å². The van der Waals surface area contributed by atoms with Crippen LogP contribution >= 0.6 is 0 Å². The summed E-state index contributed by atoms with van der Waals surface area (Å²) in [4.78, 5) is 1.57. The van der Waals surface area contributed by atoms with Gasteiger partial charge in [0.15, 0.2) is 5.82 Å². The summed E-state index contributed by atoms with van der Waals surface area (Å²) in [5.74, 6) is 1.73. The molecule has 21 heavy (non-hydrogen) atoms. The molecule has 5 heteroatoms. The third-order valence-electron chi connectivity index (χ3n) is 5.10. The fourth-order valence-corrected chi connectivity index (χ4v) is 3.63. The van der Waals surface area contributed by atoms with Crippen LogP contribution in [0.4, 0.5) is 0 Å². The van der Waals surface area contributed by atoms with Crippen LogP contribution < -0.4 is 5.32 Å². The van der Waals surface area contributed by atoms with Crippen LogP contribution in [0.3, 0.4) is 0 Å². The summed E-state index contributed by atoms with van der Waals surface area (Å²) in [6, 6.07) is 0. The molecule has 120 valence electrons. The molecule has 0 radical (unpaired) electrons. The minimum Gasteiger partial charge on any atom is -0.316 e. The Balaban J connectivity index is 2.05. The van der Waals surface area contributed by atoms with Crippen molar-refractivity contribution in [3.63, 3.8) is 0 Å². The standard InChI is InChI=1S/C16H31N5/c1-6-17-12-16(11-14-18-20-21(5)19-14)9-7-13(8-10-16)15(2,3)4/h13,17H,6-12H2,1-5H3. The van der Waals surface area contributed by atoms with Crippen molar-refractivity contribution in [3.8, 4) is 0 Å². The highest BCUT2D eigenvalue weighted by atomic mass is 15.6. The normalized spacial score (nSPS) is 27.0. The van der Waals surface area contributed by atoms with Gasteiger partial charge < -0.3 is 5.32 Å². The smallest absolute Gasteiger partial charge is 0.175 e. The van der Waals surface area contributed by atoms with E-state index in [4.69, 9.17) is 0 Å². The lowest BCUT2D eigenvalue weighted by Gasteiger charge is -2.44. The first-order valence-corrected chi connectivity index (χ1v) is 8.28. The number of nitrogens with one attached hydrogen (secondary N) is 1. The predicted molar refractivity (Wildman–Crippen MR) is 84.9 cm³/mol. The molecule has 5 nitrogen and oxygen atoms in total. The molecule has 2 rings (SSSR count). The van der Waals surface area contributed by atoms with E-state index < -0.39 is 0 Å². The zero-order chi connectivity index (χ0) is 15.5. The van der Waals surface area contributed by atoms with Gasteiger partial charge in [-0.3, -0.25) is 0 Å². The van der Waals surface area contributed by atoms with Gasteiger partial charge in [0.2, 0.25) is 0 Å². The average molecular weight is 293 g/mol. The Hall–Kier alpha value is -0.970. The van der Waals surface area contributed by atoms with Crippen LogP contribution in [0, 0.1) is 16.7 Å². The van der Waals surface area contributed by atoms with Crippen LogP contribution in [0.15, 0.2) is 0 Å². The number of rotatable bonds is 5. The van der Waals surface area contributed by atoms with E-state index in [-0.39, 0.29) is 0 Å². The zero-order valence-corrected chi connectivity index (χ0v) is 14.3. The molecule has 0 amide bonds. The summed E-state index contributed by atoms with van der Waals surface area (Å²) in [5, 5.41) is 16.1. The lowest BCUT2D eigenvalue weighted by Crippen LogP contribution is -2.41. The van der Waals surface area contributed by atoms with Crippen molar-refractivity contribution in [1.82, 2.24) is 25.5 Å². The lowest BCUT2D eigenvalue weighted by atomic mass is 9.63. The number of aryl methyl sites for hydroxylation is 1. The molecular weight excluding hydrogens is 262 g/mol. The Morgan fingerprint density at radius 2 is 1.95 bits per heavy atom. The van der Waals surface area contributed by atoms with Crippen LogP contribution in [0.25, 0.3) is 0 Å². The Bertz CT molecular complexity index is 438. The Morgan fingerprint density at radius 1 is 1.29 bits per heavy atom. The third-order valence-corrected chi connectivity index (χ3v) is 5.10. The van der Waals surface area contributed by atoms with Crippen LogP contribution in [0.1, 0.15) is 59.2 Å². The summed E-state index contributed by atoms with van der Waals surface area (Å²) in [7, 11) is 1.84. The largest absolute Gasteiger partial charge is 0.316 e. The molecule has 1 fully saturated rings. The molecule has 1 aliphatic carbocycles. The van der Waals surface area contributed by atoms with Crippen molar-refractivity contribution >= 4 is 0 Å². The average Bonchev–Trinajstić information content (AvgIpc) is 2.81. The van der Waals surface area contributed by atoms with E-state index in [1.54, 1.807) is 4.80 Å². The first kappa shape index (κ1) is 16.4. The number of nitrogens with zero attached hydrogens (tertiary/aromatic N) is 4. The molecule has 0 aliphatic heterocycles. The molecule has 1 aromatic heterocycles. The highest BCUT2D eigenvalue weighted by Gasteiger charge is 2.39. The van der Waals surface area contributed by atoms with E-state index in [0.717, 1.165) is 31.3 Å². The van der Waals surface area contributed by atoms with Crippen LogP contribution in [0.5, 0.6) is 0 Å². The second kappa shape index (κ2) is 6.42. The van der Waals surface area contributed by atoms with E-state index >= 15 is 0 Å². The molecule has 1 saturated carbocycles. The molecule has 0 aromatic carbocycles. The molecule has 0 unspecified atom stereocenters. The summed E-state index contributed by atoms with van der Waals surface area (Å²) in [6.45, 7) is 11.4. The van der Waals surface area contributed by atoms with Gasteiger partial charge >= 0.3 is 0 Å². The predicted octanol–water partition coefficient (Wildman–Crippen LogP) is 2.58. The fraction of sp³-hybridized carbons (Fsp3) is 0.938. The first-order chi connectivity index (χ1) is 9.85. The number of hydrogen-bond acceptors (Lipinski definition) is 4. The molecule has 1 aromatic rings. The van der Waals surface area contributed by atoms with E-state index in [1.165, 1.54) is 25.7 Å². The minimum atomic E-state index is 0.306. The van der Waals surface area contributed by atoms with Gasteiger partial charge in [-0.25, -0.2) is 0 Å². The molecule has 1 heterocycles. The van der Waals surface area contributed by atoms with Crippen LogP contribution in [0.2, 0.25) is 0 Å². The summed E-state index contributed by atoms with van der Waals surface area (Å²) in [6.07, 6.45) is 6.11. The Morgan fingerprint density at radius 3 is 2.43 bits per heavy atom. The van der Waals surface area contributed by atoms with Crippen molar-refractivity contribution in [2.45, 2.75) is 59.8 Å². The van der Waals surface area contributed by atoms with E-state index in [2.05, 4.69) is 48.4 Å². The van der Waals surface area contributed by atoms with Crippen LogP contribution in [-0.4, -0.2) is 33.3 Å². The Labute approximate surface area is 128 Å². The highest BCUT2D eigenvalue weighted by molar-refractivity contribution is 4.96. The molecule has 0 spiro atoms. The van der Waals surface area contributed by atoms with Gasteiger partial charge in [-0.05, 0) is 54.2 Å². The SMILES string of the molecule is CCNCC1(Cc2nnn(C)n2)CCC(C(C)(C)C)CC1. The van der Waals surface area contributed by atoms with Gasteiger partial charge in [-0.15, -0.1) is 10.2 Å². The molecule has 0 bridgehead atoms. The van der Waals surface area contributed by atoms with Gasteiger partial charge in [0.05, 0.1) is 7.05 Å². The number of hydrogen-bond donors (Lipinski definition) is 1. The van der Waals surface area contributed by atoms with Crippen molar-refractivity contribution in [2.75, 3.05) is 13.1 Å². The second-order valence-corrected chi connectivity index (χ2v) is 7.79. The van der Waals surface area contributed by atoms with Gasteiger partial charge in [0, 0.05) is 13.0 Å². The highest BCUT2D eigenvalue weighted by Crippen LogP contribution is 2.46. The minimum absolute atomic E-state index is 0.306. The van der Waals surface area contributed by atoms with Crippen molar-refractivity contribution in [2.24, 2.45) is 23.8 Å². The van der Waals surface area contributed by atoms with Gasteiger partial charge in [-0.1, -0.05) is 27.7 Å². The maximum absolute atomic E-state index is 4.39. The number of tetrazole rings is 1. The van der Waals surface area contributed by atoms with Gasteiger partial charge in [-0.2, -0.15) is 4.80 Å². The molecule has 1 N–H and O–H groups in total. The molecule has 0 atom stereocenters. The van der Waals surface area contributed by atoms with E-state index in [9.17, 15) is 0 Å². The van der Waals surface area contributed by atoms with Crippen molar-refractivity contribution in [1.29, 1.82) is 0 Å². The number of aromatic nitrogens is 4. The first-order valence-electron chi connectivity index (χ1n) is 8.28. The zero-order valence-electron chi connectivity index (χ0n) is 14.3. The summed E-state index contributed by atoms with van der Waals surface area (Å²) >= 11 is 0. The summed E-state index contributed by atoms with van der Waals surface area (Å²) < 4.78 is 0. The lowest BCUT2D eigenvalue weighted by molar-refractivity contribution is 0.0851. The third kappa shape index (κ3) is 4.25. The maximum Gasteiger partial charge on any atom is 0.175 e. The molecule has 0 saturated heterocycles. The maximum atomic E-state index is 4.39. The van der Waals surface area contributed by atoms with Crippen LogP contribution in [-0.2, 0) is 13.5 Å². The molecule has 1 aliphatic rings. The van der Waals surface area contributed by atoms with Gasteiger partial charge in [0.1, 0.15) is 0 Å². The summed E-state index contributed by atoms with van der Waals surface area (Å²) in [5.41, 5.74) is 0.732. The molecular formula is C16H31N5. The van der Waals surface area contributed by atoms with Crippen molar-refractivity contribution < 1.29 is 0 Å². The van der Waals surface area contributed by atoms with E-state index in [0.29, 0.717) is 10.8 Å². The monoisotopic (exact) mass is 293 g/mol.